The van der Waals surface area contributed by atoms with Crippen molar-refractivity contribution in [1.82, 2.24) is 0 Å². The van der Waals surface area contributed by atoms with Crippen molar-refractivity contribution >= 4 is 47.4 Å². The van der Waals surface area contributed by atoms with Gasteiger partial charge in [0, 0.05) is 30.2 Å². The Bertz CT molecular complexity index is 954. The van der Waals surface area contributed by atoms with Crippen LogP contribution in [-0.2, 0) is 0 Å². The van der Waals surface area contributed by atoms with E-state index in [1.165, 1.54) is 25.7 Å². The van der Waals surface area contributed by atoms with Gasteiger partial charge < -0.3 is 5.11 Å². The number of hydrogen-bond donors (Lipinski definition) is 1. The van der Waals surface area contributed by atoms with E-state index in [0.717, 1.165) is 10.0 Å². The predicted octanol–water partition coefficient (Wildman–Crippen LogP) is 6.19. The summed E-state index contributed by atoms with van der Waals surface area (Å²) < 4.78 is 3.65. The number of benzene rings is 3. The van der Waals surface area contributed by atoms with Gasteiger partial charge in [0.15, 0.2) is 0 Å². The first-order chi connectivity index (χ1) is 10.2. The van der Waals surface area contributed by atoms with Crippen molar-refractivity contribution < 1.29 is 5.11 Å². The highest BCUT2D eigenvalue weighted by atomic mass is 79.9. The third-order valence-corrected chi connectivity index (χ3v) is 5.45. The molecule has 4 rings (SSSR count). The van der Waals surface area contributed by atoms with Crippen molar-refractivity contribution in [3.05, 3.63) is 65.1 Å². The zero-order valence-electron chi connectivity index (χ0n) is 11.0. The molecule has 0 fully saturated rings. The van der Waals surface area contributed by atoms with Crippen LogP contribution < -0.4 is 0 Å². The zero-order valence-corrected chi connectivity index (χ0v) is 13.4. The second-order valence-corrected chi connectivity index (χ2v) is 6.88. The Kier molecular flexibility index (Phi) is 2.98. The highest BCUT2D eigenvalue weighted by Crippen LogP contribution is 2.43. The maximum Gasteiger partial charge on any atom is 0.115 e. The quantitative estimate of drug-likeness (QED) is 0.432. The van der Waals surface area contributed by atoms with Crippen molar-refractivity contribution in [1.29, 1.82) is 0 Å². The summed E-state index contributed by atoms with van der Waals surface area (Å²) in [4.78, 5) is 0. The summed E-state index contributed by atoms with van der Waals surface area (Å²) in [5.74, 6) is 0.289. The van der Waals surface area contributed by atoms with Crippen LogP contribution in [0.2, 0.25) is 0 Å². The van der Waals surface area contributed by atoms with Crippen LogP contribution in [0.5, 0.6) is 5.75 Å². The molecular weight excluding hydrogens is 344 g/mol. The van der Waals surface area contributed by atoms with Crippen molar-refractivity contribution in [2.24, 2.45) is 0 Å². The molecule has 0 atom stereocenters. The topological polar surface area (TPSA) is 20.2 Å². The van der Waals surface area contributed by atoms with Gasteiger partial charge in [-0.3, -0.25) is 0 Å². The van der Waals surface area contributed by atoms with Gasteiger partial charge in [0.1, 0.15) is 5.75 Å². The fourth-order valence-electron chi connectivity index (χ4n) is 2.70. The van der Waals surface area contributed by atoms with Crippen LogP contribution in [0.15, 0.2) is 65.1 Å². The Morgan fingerprint density at radius 3 is 2.38 bits per heavy atom. The summed E-state index contributed by atoms with van der Waals surface area (Å²) in [6.07, 6.45) is 0. The lowest BCUT2D eigenvalue weighted by molar-refractivity contribution is 0.475. The van der Waals surface area contributed by atoms with Crippen LogP contribution in [0.1, 0.15) is 0 Å². The van der Waals surface area contributed by atoms with E-state index in [0.29, 0.717) is 0 Å². The van der Waals surface area contributed by atoms with Crippen LogP contribution in [0, 0.1) is 0 Å². The van der Waals surface area contributed by atoms with Gasteiger partial charge in [-0.2, -0.15) is 0 Å². The molecule has 0 aliphatic carbocycles. The van der Waals surface area contributed by atoms with Gasteiger partial charge in [-0.25, -0.2) is 0 Å². The Morgan fingerprint density at radius 2 is 1.57 bits per heavy atom. The molecule has 0 saturated heterocycles. The summed E-state index contributed by atoms with van der Waals surface area (Å²) in [5, 5.41) is 12.1. The largest absolute Gasteiger partial charge is 0.508 e. The molecule has 0 amide bonds. The van der Waals surface area contributed by atoms with Gasteiger partial charge in [-0.15, -0.1) is 11.3 Å². The van der Waals surface area contributed by atoms with E-state index < -0.39 is 0 Å². The summed E-state index contributed by atoms with van der Waals surface area (Å²) in [6, 6.07) is 20.1. The molecule has 1 N–H and O–H groups in total. The highest BCUT2D eigenvalue weighted by molar-refractivity contribution is 9.10. The molecule has 3 heteroatoms. The van der Waals surface area contributed by atoms with Crippen LogP contribution in [-0.4, -0.2) is 5.11 Å². The van der Waals surface area contributed by atoms with E-state index in [1.54, 1.807) is 12.1 Å². The molecule has 0 spiro atoms. The molecule has 21 heavy (non-hydrogen) atoms. The second kappa shape index (κ2) is 4.86. The standard InChI is InChI=1S/C18H11BrOS/c19-14-9-10-16-18(13-3-1-2-4-15(13)21-16)17(14)11-5-7-12(20)8-6-11/h1-10,20H. The molecule has 0 saturated carbocycles. The monoisotopic (exact) mass is 354 g/mol. The number of halogens is 1. The molecular formula is C18H11BrOS. The van der Waals surface area contributed by atoms with Crippen LogP contribution in [0.3, 0.4) is 0 Å². The van der Waals surface area contributed by atoms with Gasteiger partial charge in [0.05, 0.1) is 0 Å². The normalized spacial score (nSPS) is 11.3. The van der Waals surface area contributed by atoms with Gasteiger partial charge in [-0.05, 0) is 35.9 Å². The van der Waals surface area contributed by atoms with Crippen LogP contribution in [0.4, 0.5) is 0 Å². The molecule has 0 bridgehead atoms. The predicted molar refractivity (Wildman–Crippen MR) is 94.1 cm³/mol. The van der Waals surface area contributed by atoms with E-state index in [2.05, 4.69) is 52.3 Å². The molecule has 0 aliphatic heterocycles. The lowest BCUT2D eigenvalue weighted by Gasteiger charge is -2.08. The Labute approximate surface area is 134 Å². The minimum absolute atomic E-state index is 0.289. The average molecular weight is 355 g/mol. The fourth-order valence-corrected chi connectivity index (χ4v) is 4.37. The van der Waals surface area contributed by atoms with Gasteiger partial charge >= 0.3 is 0 Å². The first-order valence-electron chi connectivity index (χ1n) is 6.63. The Hall–Kier alpha value is -1.84. The van der Waals surface area contributed by atoms with E-state index in [9.17, 15) is 5.11 Å². The first kappa shape index (κ1) is 12.9. The van der Waals surface area contributed by atoms with Crippen LogP contribution in [0.25, 0.3) is 31.3 Å². The number of phenolic OH excluding ortho intramolecular Hbond substituents is 1. The van der Waals surface area contributed by atoms with E-state index in [4.69, 9.17) is 0 Å². The third kappa shape index (κ3) is 2.04. The van der Waals surface area contributed by atoms with Crippen molar-refractivity contribution in [2.45, 2.75) is 0 Å². The third-order valence-electron chi connectivity index (χ3n) is 3.65. The van der Waals surface area contributed by atoms with Crippen molar-refractivity contribution in [2.75, 3.05) is 0 Å². The Morgan fingerprint density at radius 1 is 0.810 bits per heavy atom. The molecule has 1 aromatic heterocycles. The summed E-state index contributed by atoms with van der Waals surface area (Å²) in [5.41, 5.74) is 2.29. The number of rotatable bonds is 1. The SMILES string of the molecule is Oc1ccc(-c2c(Br)ccc3sc4ccccc4c23)cc1. The lowest BCUT2D eigenvalue weighted by atomic mass is 9.99. The van der Waals surface area contributed by atoms with E-state index in [-0.39, 0.29) is 5.75 Å². The molecule has 1 nitrogen and oxygen atoms in total. The Balaban J connectivity index is 2.16. The molecule has 1 heterocycles. The molecule has 102 valence electrons. The smallest absolute Gasteiger partial charge is 0.115 e. The summed E-state index contributed by atoms with van der Waals surface area (Å²) in [7, 11) is 0. The molecule has 3 aromatic carbocycles. The lowest BCUT2D eigenvalue weighted by Crippen LogP contribution is -1.81. The molecule has 0 unspecified atom stereocenters. The number of aromatic hydroxyl groups is 1. The molecule has 0 aliphatic rings. The number of phenols is 1. The average Bonchev–Trinajstić information content (AvgIpc) is 2.87. The molecule has 0 radical (unpaired) electrons. The van der Waals surface area contributed by atoms with Gasteiger partial charge in [-0.1, -0.05) is 46.3 Å². The van der Waals surface area contributed by atoms with Crippen molar-refractivity contribution in [3.8, 4) is 16.9 Å². The van der Waals surface area contributed by atoms with Gasteiger partial charge in [0.25, 0.3) is 0 Å². The number of thiophene rings is 1. The van der Waals surface area contributed by atoms with Gasteiger partial charge in [0.2, 0.25) is 0 Å². The summed E-state index contributed by atoms with van der Waals surface area (Å²) in [6.45, 7) is 0. The second-order valence-electron chi connectivity index (χ2n) is 4.94. The summed E-state index contributed by atoms with van der Waals surface area (Å²) >= 11 is 5.50. The fraction of sp³-hybridized carbons (Fsp3) is 0. The first-order valence-corrected chi connectivity index (χ1v) is 8.24. The minimum Gasteiger partial charge on any atom is -0.508 e. The van der Waals surface area contributed by atoms with E-state index in [1.807, 2.05) is 23.5 Å². The zero-order chi connectivity index (χ0) is 14.4. The molecule has 4 aromatic rings. The number of fused-ring (bicyclic) bond motifs is 3. The minimum atomic E-state index is 0.289. The van der Waals surface area contributed by atoms with Crippen LogP contribution >= 0.6 is 27.3 Å². The van der Waals surface area contributed by atoms with Crippen molar-refractivity contribution in [3.63, 3.8) is 0 Å². The van der Waals surface area contributed by atoms with E-state index >= 15 is 0 Å². The highest BCUT2D eigenvalue weighted by Gasteiger charge is 2.13. The maximum absolute atomic E-state index is 9.51. The number of hydrogen-bond acceptors (Lipinski definition) is 2. The maximum atomic E-state index is 9.51.